The molecule has 0 saturated heterocycles. The van der Waals surface area contributed by atoms with E-state index in [-0.39, 0.29) is 0 Å². The van der Waals surface area contributed by atoms with Crippen molar-refractivity contribution < 1.29 is 4.74 Å². The van der Waals surface area contributed by atoms with Crippen LogP contribution in [0.4, 0.5) is 0 Å². The Balaban J connectivity index is 2.39. The summed E-state index contributed by atoms with van der Waals surface area (Å²) < 4.78 is 7.37. The van der Waals surface area contributed by atoms with Gasteiger partial charge in [-0.2, -0.15) is 5.26 Å². The number of aromatic nitrogens is 1. The Morgan fingerprint density at radius 3 is 3.00 bits per heavy atom. The summed E-state index contributed by atoms with van der Waals surface area (Å²) in [4.78, 5) is 0. The van der Waals surface area contributed by atoms with Crippen LogP contribution in [0.15, 0.2) is 30.5 Å². The van der Waals surface area contributed by atoms with Crippen LogP contribution in [0.25, 0.3) is 10.9 Å². The molecule has 0 amide bonds. The maximum Gasteiger partial charge on any atom is 0.122 e. The van der Waals surface area contributed by atoms with E-state index in [4.69, 9.17) is 10.00 Å². The third kappa shape index (κ3) is 1.85. The molecule has 0 spiro atoms. The van der Waals surface area contributed by atoms with Crippen molar-refractivity contribution in [1.82, 2.24) is 4.57 Å². The molecule has 0 atom stereocenters. The predicted molar refractivity (Wildman–Crippen MR) is 58.3 cm³/mol. The number of hydrogen-bond donors (Lipinski definition) is 0. The van der Waals surface area contributed by atoms with E-state index in [1.165, 1.54) is 0 Å². The van der Waals surface area contributed by atoms with Gasteiger partial charge in [-0.3, -0.25) is 0 Å². The standard InChI is InChI=1S/C12H12N2O/c1-2-15-9-14-6-5-11-7-10(8-13)3-4-12(11)14/h3-7H,2,9H2,1H3. The molecule has 0 aliphatic carbocycles. The zero-order valence-electron chi connectivity index (χ0n) is 8.60. The zero-order chi connectivity index (χ0) is 10.7. The van der Waals surface area contributed by atoms with Gasteiger partial charge in [-0.15, -0.1) is 0 Å². The van der Waals surface area contributed by atoms with Crippen molar-refractivity contribution in [2.45, 2.75) is 13.7 Å². The van der Waals surface area contributed by atoms with Crippen LogP contribution < -0.4 is 0 Å². The lowest BCUT2D eigenvalue weighted by Gasteiger charge is -2.04. The fraction of sp³-hybridized carbons (Fsp3) is 0.250. The Bertz CT molecular complexity index is 508. The molecule has 0 fully saturated rings. The molecule has 3 heteroatoms. The van der Waals surface area contributed by atoms with Crippen LogP contribution in [0.1, 0.15) is 12.5 Å². The minimum absolute atomic E-state index is 0.561. The lowest BCUT2D eigenvalue weighted by atomic mass is 10.2. The van der Waals surface area contributed by atoms with Crippen LogP contribution in [0, 0.1) is 11.3 Å². The summed E-state index contributed by atoms with van der Waals surface area (Å²) in [6, 6.07) is 9.79. The zero-order valence-corrected chi connectivity index (χ0v) is 8.60. The van der Waals surface area contributed by atoms with Crippen LogP contribution in [0.3, 0.4) is 0 Å². The summed E-state index contributed by atoms with van der Waals surface area (Å²) in [6.07, 6.45) is 1.97. The van der Waals surface area contributed by atoms with Gasteiger partial charge in [0.15, 0.2) is 0 Å². The van der Waals surface area contributed by atoms with Crippen LogP contribution in [-0.2, 0) is 11.5 Å². The van der Waals surface area contributed by atoms with Crippen LogP contribution in [-0.4, -0.2) is 11.2 Å². The highest BCUT2D eigenvalue weighted by Gasteiger charge is 2.01. The van der Waals surface area contributed by atoms with Crippen molar-refractivity contribution >= 4 is 10.9 Å². The van der Waals surface area contributed by atoms with Crippen LogP contribution >= 0.6 is 0 Å². The molecular formula is C12H12N2O. The molecule has 0 radical (unpaired) electrons. The topological polar surface area (TPSA) is 38.0 Å². The number of benzene rings is 1. The molecule has 0 saturated carbocycles. The highest BCUT2D eigenvalue weighted by molar-refractivity contribution is 5.81. The maximum atomic E-state index is 8.76. The Labute approximate surface area is 88.5 Å². The van der Waals surface area contributed by atoms with E-state index in [0.717, 1.165) is 10.9 Å². The molecule has 0 N–H and O–H groups in total. The summed E-state index contributed by atoms with van der Waals surface area (Å²) in [5.41, 5.74) is 1.79. The Morgan fingerprint density at radius 1 is 1.40 bits per heavy atom. The molecule has 2 rings (SSSR count). The average Bonchev–Trinajstić information content (AvgIpc) is 2.68. The number of rotatable bonds is 3. The second kappa shape index (κ2) is 4.16. The van der Waals surface area contributed by atoms with E-state index in [9.17, 15) is 0 Å². The molecule has 1 heterocycles. The number of nitrogens with zero attached hydrogens (tertiary/aromatic N) is 2. The molecule has 0 unspecified atom stereocenters. The maximum absolute atomic E-state index is 8.76. The normalized spacial score (nSPS) is 10.4. The average molecular weight is 200 g/mol. The first-order chi connectivity index (χ1) is 7.35. The van der Waals surface area contributed by atoms with Gasteiger partial charge in [-0.1, -0.05) is 0 Å². The molecule has 2 aromatic rings. The highest BCUT2D eigenvalue weighted by atomic mass is 16.5. The summed E-state index contributed by atoms with van der Waals surface area (Å²) in [5.74, 6) is 0. The van der Waals surface area contributed by atoms with Gasteiger partial charge in [0.2, 0.25) is 0 Å². The SMILES string of the molecule is CCOCn1ccc2cc(C#N)ccc21. The van der Waals surface area contributed by atoms with Crippen molar-refractivity contribution in [3.63, 3.8) is 0 Å². The second-order valence-corrected chi connectivity index (χ2v) is 3.29. The van der Waals surface area contributed by atoms with Gasteiger partial charge in [-0.05, 0) is 31.2 Å². The lowest BCUT2D eigenvalue weighted by Crippen LogP contribution is -2.00. The van der Waals surface area contributed by atoms with Crippen LogP contribution in [0.5, 0.6) is 0 Å². The Kier molecular flexibility index (Phi) is 2.70. The molecule has 0 aliphatic rings. The second-order valence-electron chi connectivity index (χ2n) is 3.29. The summed E-state index contributed by atoms with van der Waals surface area (Å²) >= 11 is 0. The Hall–Kier alpha value is -1.79. The Morgan fingerprint density at radius 2 is 2.27 bits per heavy atom. The van der Waals surface area contributed by atoms with Gasteiger partial charge >= 0.3 is 0 Å². The lowest BCUT2D eigenvalue weighted by molar-refractivity contribution is 0.0909. The summed E-state index contributed by atoms with van der Waals surface area (Å²) in [6.45, 7) is 3.24. The number of fused-ring (bicyclic) bond motifs is 1. The van der Waals surface area contributed by atoms with E-state index in [2.05, 4.69) is 6.07 Å². The third-order valence-electron chi connectivity index (χ3n) is 2.33. The van der Waals surface area contributed by atoms with Crippen molar-refractivity contribution in [3.8, 4) is 6.07 Å². The van der Waals surface area contributed by atoms with Crippen molar-refractivity contribution in [2.75, 3.05) is 6.61 Å². The largest absolute Gasteiger partial charge is 0.361 e. The van der Waals surface area contributed by atoms with Gasteiger partial charge < -0.3 is 9.30 Å². The van der Waals surface area contributed by atoms with E-state index >= 15 is 0 Å². The van der Waals surface area contributed by atoms with Gasteiger partial charge in [0.25, 0.3) is 0 Å². The first-order valence-electron chi connectivity index (χ1n) is 4.92. The molecule has 76 valence electrons. The number of hydrogen-bond acceptors (Lipinski definition) is 2. The summed E-state index contributed by atoms with van der Waals surface area (Å²) in [5, 5.41) is 9.84. The summed E-state index contributed by atoms with van der Waals surface area (Å²) in [7, 11) is 0. The van der Waals surface area contributed by atoms with Gasteiger partial charge in [0.05, 0.1) is 17.1 Å². The molecular weight excluding hydrogens is 188 g/mol. The smallest absolute Gasteiger partial charge is 0.122 e. The van der Waals surface area contributed by atoms with E-state index in [1.54, 1.807) is 0 Å². The number of ether oxygens (including phenoxy) is 1. The van der Waals surface area contributed by atoms with Crippen molar-refractivity contribution in [2.24, 2.45) is 0 Å². The predicted octanol–water partition coefficient (Wildman–Crippen LogP) is 2.51. The van der Waals surface area contributed by atoms with Crippen molar-refractivity contribution in [3.05, 3.63) is 36.0 Å². The van der Waals surface area contributed by atoms with E-state index in [1.807, 2.05) is 42.0 Å². The van der Waals surface area contributed by atoms with Gasteiger partial charge in [0.1, 0.15) is 6.73 Å². The van der Waals surface area contributed by atoms with Crippen LogP contribution in [0.2, 0.25) is 0 Å². The minimum Gasteiger partial charge on any atom is -0.361 e. The first-order valence-corrected chi connectivity index (χ1v) is 4.92. The molecule has 0 aliphatic heterocycles. The first kappa shape index (κ1) is 9.75. The molecule has 15 heavy (non-hydrogen) atoms. The van der Waals surface area contributed by atoms with E-state index < -0.39 is 0 Å². The highest BCUT2D eigenvalue weighted by Crippen LogP contribution is 2.17. The van der Waals surface area contributed by atoms with Gasteiger partial charge in [0, 0.05) is 18.2 Å². The fourth-order valence-electron chi connectivity index (χ4n) is 1.57. The molecule has 3 nitrogen and oxygen atoms in total. The molecule has 1 aromatic heterocycles. The quantitative estimate of drug-likeness (QED) is 0.763. The molecule has 1 aromatic carbocycles. The third-order valence-corrected chi connectivity index (χ3v) is 2.33. The fourth-order valence-corrected chi connectivity index (χ4v) is 1.57. The van der Waals surface area contributed by atoms with Crippen molar-refractivity contribution in [1.29, 1.82) is 5.26 Å². The van der Waals surface area contributed by atoms with E-state index in [0.29, 0.717) is 18.9 Å². The minimum atomic E-state index is 0.561. The van der Waals surface area contributed by atoms with Gasteiger partial charge in [-0.25, -0.2) is 0 Å². The molecule has 0 bridgehead atoms. The number of nitriles is 1. The monoisotopic (exact) mass is 200 g/mol.